The number of hydrogen-bond acceptors (Lipinski definition) is 2. The van der Waals surface area contributed by atoms with E-state index in [9.17, 15) is 10.1 Å². The Kier molecular flexibility index (Phi) is 5.51. The number of nitro groups is 1. The van der Waals surface area contributed by atoms with Crippen LogP contribution >= 0.6 is 0 Å². The smallest absolute Gasteiger partial charge is 0.278 e. The summed E-state index contributed by atoms with van der Waals surface area (Å²) in [6.07, 6.45) is 3.89. The minimum Gasteiger partial charge on any atom is -0.332 e. The first-order valence-corrected chi connectivity index (χ1v) is 9.43. The van der Waals surface area contributed by atoms with E-state index in [4.69, 9.17) is 0 Å². The molecule has 0 saturated carbocycles. The summed E-state index contributed by atoms with van der Waals surface area (Å²) in [7, 11) is 0. The summed E-state index contributed by atoms with van der Waals surface area (Å²) < 4.78 is 0. The molecule has 0 aliphatic carbocycles. The third kappa shape index (κ3) is 4.14. The molecule has 1 aromatic rings. The molecule has 2 heterocycles. The quantitative estimate of drug-likeness (QED) is 0.630. The largest absolute Gasteiger partial charge is 0.332 e. The summed E-state index contributed by atoms with van der Waals surface area (Å²) >= 11 is 0. The number of rotatable bonds is 4. The van der Waals surface area contributed by atoms with Crippen LogP contribution in [-0.4, -0.2) is 37.1 Å². The Bertz CT molecular complexity index is 559. The maximum Gasteiger partial charge on any atom is 0.278 e. The van der Waals surface area contributed by atoms with Crippen molar-refractivity contribution in [1.29, 1.82) is 0 Å². The number of nitrogens with zero attached hydrogens (tertiary/aromatic N) is 1. The van der Waals surface area contributed by atoms with Gasteiger partial charge < -0.3 is 9.80 Å². The third-order valence-corrected chi connectivity index (χ3v) is 5.92. The third-order valence-electron chi connectivity index (χ3n) is 5.92. The van der Waals surface area contributed by atoms with Crippen LogP contribution in [0.2, 0.25) is 0 Å². The molecule has 132 valence electrons. The second-order valence-electron chi connectivity index (χ2n) is 8.10. The second kappa shape index (κ2) is 7.62. The van der Waals surface area contributed by atoms with Gasteiger partial charge in [-0.15, -0.1) is 0 Å². The van der Waals surface area contributed by atoms with Gasteiger partial charge in [0.2, 0.25) is 0 Å². The predicted octanol–water partition coefficient (Wildman–Crippen LogP) is 0.703. The normalized spacial score (nSPS) is 34.0. The Labute approximate surface area is 144 Å². The fraction of sp³-hybridized carbons (Fsp3) is 0.684. The lowest BCUT2D eigenvalue weighted by Crippen LogP contribution is -3.21. The van der Waals surface area contributed by atoms with E-state index in [-0.39, 0.29) is 10.6 Å². The molecule has 5 heteroatoms. The van der Waals surface area contributed by atoms with E-state index in [0.717, 1.165) is 43.1 Å². The molecule has 5 nitrogen and oxygen atoms in total. The van der Waals surface area contributed by atoms with Crippen LogP contribution in [0.4, 0.5) is 5.69 Å². The van der Waals surface area contributed by atoms with Gasteiger partial charge in [0.05, 0.1) is 42.7 Å². The summed E-state index contributed by atoms with van der Waals surface area (Å²) in [5.74, 6) is 1.70. The number of likely N-dealkylation sites (tertiary alicyclic amines) is 2. The predicted molar refractivity (Wildman–Crippen MR) is 94.2 cm³/mol. The fourth-order valence-electron chi connectivity index (χ4n) is 4.88. The zero-order chi connectivity index (χ0) is 17.1. The van der Waals surface area contributed by atoms with Crippen LogP contribution in [0.15, 0.2) is 24.3 Å². The van der Waals surface area contributed by atoms with Crippen molar-refractivity contribution in [3.63, 3.8) is 0 Å². The highest BCUT2D eigenvalue weighted by molar-refractivity contribution is 5.39. The molecule has 1 aromatic carbocycles. The lowest BCUT2D eigenvalue weighted by molar-refractivity contribution is -0.969. The molecule has 2 N–H and O–H groups in total. The second-order valence-corrected chi connectivity index (χ2v) is 8.10. The van der Waals surface area contributed by atoms with Crippen LogP contribution < -0.4 is 9.80 Å². The highest BCUT2D eigenvalue weighted by Crippen LogP contribution is 2.17. The molecular weight excluding hydrogens is 302 g/mol. The van der Waals surface area contributed by atoms with Crippen LogP contribution in [0, 0.1) is 22.0 Å². The van der Waals surface area contributed by atoms with Crippen LogP contribution in [0.3, 0.4) is 0 Å². The number of nitro benzene ring substituents is 1. The van der Waals surface area contributed by atoms with Gasteiger partial charge in [-0.25, -0.2) is 0 Å². The monoisotopic (exact) mass is 333 g/mol. The van der Waals surface area contributed by atoms with Gasteiger partial charge in [-0.2, -0.15) is 0 Å². The number of benzene rings is 1. The molecule has 0 radical (unpaired) electrons. The lowest BCUT2D eigenvalue weighted by atomic mass is 9.89. The molecular formula is C19H31N3O2+2. The Hall–Kier alpha value is -1.46. The number of quaternary nitrogens is 2. The van der Waals surface area contributed by atoms with Crippen molar-refractivity contribution < 1.29 is 14.7 Å². The number of hydrogen-bond donors (Lipinski definition) is 2. The Balaban J connectivity index is 1.55. The van der Waals surface area contributed by atoms with Gasteiger partial charge in [0.25, 0.3) is 5.69 Å². The number of para-hydroxylation sites is 1. The van der Waals surface area contributed by atoms with Crippen molar-refractivity contribution in [1.82, 2.24) is 0 Å². The summed E-state index contributed by atoms with van der Waals surface area (Å²) in [6.45, 7) is 10.5. The Morgan fingerprint density at radius 1 is 1.12 bits per heavy atom. The molecule has 0 amide bonds. The van der Waals surface area contributed by atoms with Crippen LogP contribution in [0.5, 0.6) is 0 Å². The maximum absolute atomic E-state index is 11.2. The van der Waals surface area contributed by atoms with E-state index >= 15 is 0 Å². The molecule has 0 aromatic heterocycles. The average molecular weight is 333 g/mol. The first kappa shape index (κ1) is 17.4. The van der Waals surface area contributed by atoms with E-state index in [0.29, 0.717) is 0 Å². The van der Waals surface area contributed by atoms with E-state index in [1.807, 2.05) is 17.0 Å². The van der Waals surface area contributed by atoms with E-state index in [1.165, 1.54) is 37.3 Å². The van der Waals surface area contributed by atoms with Gasteiger partial charge in [-0.3, -0.25) is 10.1 Å². The zero-order valence-electron chi connectivity index (χ0n) is 15.0. The SMILES string of the molecule is C[C@@H]1C[C@H](C)C[NH+](C2CC[NH+](Cc3ccccc3[N+](=O)[O-])CC2)C1. The van der Waals surface area contributed by atoms with Gasteiger partial charge in [0.15, 0.2) is 0 Å². The Morgan fingerprint density at radius 2 is 1.75 bits per heavy atom. The molecule has 2 aliphatic heterocycles. The Morgan fingerprint density at radius 3 is 2.38 bits per heavy atom. The van der Waals surface area contributed by atoms with Gasteiger partial charge in [0.1, 0.15) is 6.54 Å². The average Bonchev–Trinajstić information content (AvgIpc) is 2.55. The highest BCUT2D eigenvalue weighted by atomic mass is 16.6. The maximum atomic E-state index is 11.2. The van der Waals surface area contributed by atoms with Crippen molar-refractivity contribution in [2.24, 2.45) is 11.8 Å². The summed E-state index contributed by atoms with van der Waals surface area (Å²) in [5, 5.41) is 11.2. The molecule has 2 aliphatic rings. The van der Waals surface area contributed by atoms with Gasteiger partial charge >= 0.3 is 0 Å². The minimum atomic E-state index is -0.248. The standard InChI is InChI=1S/C19H29N3O2/c1-15-11-16(2)13-21(12-15)18-7-9-20(10-8-18)14-17-5-3-4-6-19(17)22(23)24/h3-6,15-16,18H,7-14H2,1-2H3/p+2/t15-,16+. The molecule has 2 saturated heterocycles. The van der Waals surface area contributed by atoms with Crippen LogP contribution in [0.1, 0.15) is 38.7 Å². The first-order valence-electron chi connectivity index (χ1n) is 9.43. The minimum absolute atomic E-state index is 0.248. The molecule has 3 rings (SSSR count). The first-order chi connectivity index (χ1) is 11.5. The van der Waals surface area contributed by atoms with Crippen molar-refractivity contribution in [2.45, 2.75) is 45.7 Å². The van der Waals surface area contributed by atoms with Crippen LogP contribution in [0.25, 0.3) is 0 Å². The van der Waals surface area contributed by atoms with Crippen molar-refractivity contribution >= 4 is 5.69 Å². The molecule has 0 spiro atoms. The molecule has 24 heavy (non-hydrogen) atoms. The molecule has 0 bridgehead atoms. The molecule has 2 fully saturated rings. The van der Waals surface area contributed by atoms with Gasteiger partial charge in [0, 0.05) is 30.7 Å². The number of piperidine rings is 2. The highest BCUT2D eigenvalue weighted by Gasteiger charge is 2.35. The van der Waals surface area contributed by atoms with Gasteiger partial charge in [-0.1, -0.05) is 26.0 Å². The summed E-state index contributed by atoms with van der Waals surface area (Å²) in [5.41, 5.74) is 1.15. The van der Waals surface area contributed by atoms with E-state index in [1.54, 1.807) is 12.1 Å². The van der Waals surface area contributed by atoms with Gasteiger partial charge in [-0.05, 0) is 12.5 Å². The van der Waals surface area contributed by atoms with Crippen molar-refractivity contribution in [2.75, 3.05) is 26.2 Å². The molecule has 3 atom stereocenters. The molecule has 1 unspecified atom stereocenters. The zero-order valence-corrected chi connectivity index (χ0v) is 15.0. The van der Waals surface area contributed by atoms with Crippen molar-refractivity contribution in [3.8, 4) is 0 Å². The summed E-state index contributed by atoms with van der Waals surface area (Å²) in [6, 6.07) is 8.00. The fourth-order valence-corrected chi connectivity index (χ4v) is 4.88. The van der Waals surface area contributed by atoms with E-state index in [2.05, 4.69) is 13.8 Å². The van der Waals surface area contributed by atoms with Crippen LogP contribution in [-0.2, 0) is 6.54 Å². The topological polar surface area (TPSA) is 52.0 Å². The number of nitrogens with one attached hydrogen (secondary N) is 2. The summed E-state index contributed by atoms with van der Waals surface area (Å²) in [4.78, 5) is 14.2. The van der Waals surface area contributed by atoms with Crippen molar-refractivity contribution in [3.05, 3.63) is 39.9 Å². The van der Waals surface area contributed by atoms with E-state index < -0.39 is 0 Å². The lowest BCUT2D eigenvalue weighted by Gasteiger charge is -2.39.